The second-order valence-electron chi connectivity index (χ2n) is 6.26. The van der Waals surface area contributed by atoms with Gasteiger partial charge in [0.15, 0.2) is 0 Å². The van der Waals surface area contributed by atoms with Gasteiger partial charge in [0.05, 0.1) is 23.9 Å². The molecule has 2 aliphatic heterocycles. The minimum Gasteiger partial charge on any atom is -0.379 e. The summed E-state index contributed by atoms with van der Waals surface area (Å²) >= 11 is 6.22. The highest BCUT2D eigenvalue weighted by atomic mass is 35.5. The number of amides is 2. The summed E-state index contributed by atoms with van der Waals surface area (Å²) in [6.45, 7) is 7.18. The summed E-state index contributed by atoms with van der Waals surface area (Å²) in [5.41, 5.74) is 1.70. The van der Waals surface area contributed by atoms with Crippen LogP contribution in [0, 0.1) is 6.92 Å². The molecule has 1 aromatic rings. The molecule has 2 amide bonds. The zero-order valence-corrected chi connectivity index (χ0v) is 14.3. The lowest BCUT2D eigenvalue weighted by molar-refractivity contribution is 0.0296. The number of hydrogen-bond donors (Lipinski definition) is 1. The molecule has 0 spiro atoms. The van der Waals surface area contributed by atoms with Gasteiger partial charge < -0.3 is 15.0 Å². The third kappa shape index (κ3) is 3.97. The van der Waals surface area contributed by atoms with Gasteiger partial charge in [-0.1, -0.05) is 23.7 Å². The molecule has 23 heavy (non-hydrogen) atoms. The normalized spacial score (nSPS) is 22.3. The van der Waals surface area contributed by atoms with E-state index in [0.29, 0.717) is 5.02 Å². The predicted molar refractivity (Wildman–Crippen MR) is 92.2 cm³/mol. The number of nitrogens with one attached hydrogen (secondary N) is 1. The molecule has 2 fully saturated rings. The van der Waals surface area contributed by atoms with Crippen LogP contribution in [0.15, 0.2) is 18.2 Å². The lowest BCUT2D eigenvalue weighted by atomic mass is 10.2. The lowest BCUT2D eigenvalue weighted by Gasteiger charge is -2.33. The van der Waals surface area contributed by atoms with Crippen molar-refractivity contribution < 1.29 is 9.53 Å². The number of likely N-dealkylation sites (tertiary alicyclic amines) is 1. The molecule has 0 saturated carbocycles. The van der Waals surface area contributed by atoms with Crippen LogP contribution in [-0.4, -0.2) is 61.3 Å². The molecular formula is C17H24ClN3O2. The fraction of sp³-hybridized carbons (Fsp3) is 0.588. The SMILES string of the molecule is Cc1cccc(Cl)c1NC(=O)N1CCC[C@H]1CN1CCOCC1. The van der Waals surface area contributed by atoms with E-state index in [1.807, 2.05) is 24.0 Å². The highest BCUT2D eigenvalue weighted by Gasteiger charge is 2.31. The Bertz CT molecular complexity index is 541. The van der Waals surface area contributed by atoms with Gasteiger partial charge in [0.25, 0.3) is 0 Å². The minimum atomic E-state index is -0.0445. The molecule has 3 rings (SSSR count). The molecule has 1 aromatic carbocycles. The monoisotopic (exact) mass is 337 g/mol. The van der Waals surface area contributed by atoms with E-state index in [1.54, 1.807) is 6.07 Å². The topological polar surface area (TPSA) is 44.8 Å². The van der Waals surface area contributed by atoms with Crippen molar-refractivity contribution >= 4 is 23.3 Å². The van der Waals surface area contributed by atoms with Crippen LogP contribution < -0.4 is 5.32 Å². The summed E-state index contributed by atoms with van der Waals surface area (Å²) in [5.74, 6) is 0. The number of para-hydroxylation sites is 1. The number of morpholine rings is 1. The lowest BCUT2D eigenvalue weighted by Crippen LogP contribution is -2.47. The Hall–Kier alpha value is -1.30. The van der Waals surface area contributed by atoms with E-state index in [9.17, 15) is 4.79 Å². The Morgan fingerprint density at radius 1 is 1.35 bits per heavy atom. The number of halogens is 1. The molecule has 0 aromatic heterocycles. The van der Waals surface area contributed by atoms with Gasteiger partial charge in [-0.05, 0) is 31.4 Å². The number of rotatable bonds is 3. The Balaban J connectivity index is 1.63. The molecule has 2 heterocycles. The van der Waals surface area contributed by atoms with Crippen LogP contribution in [-0.2, 0) is 4.74 Å². The smallest absolute Gasteiger partial charge is 0.322 e. The molecule has 5 nitrogen and oxygen atoms in total. The predicted octanol–water partition coefficient (Wildman–Crippen LogP) is 2.98. The van der Waals surface area contributed by atoms with Crippen molar-refractivity contribution in [1.29, 1.82) is 0 Å². The Kier molecular flexibility index (Phi) is 5.41. The summed E-state index contributed by atoms with van der Waals surface area (Å²) in [6, 6.07) is 5.88. The maximum atomic E-state index is 12.7. The fourth-order valence-electron chi connectivity index (χ4n) is 3.34. The first kappa shape index (κ1) is 16.6. The Morgan fingerprint density at radius 3 is 2.87 bits per heavy atom. The molecule has 1 atom stereocenters. The average molecular weight is 338 g/mol. The molecule has 2 aliphatic rings. The maximum absolute atomic E-state index is 12.7. The maximum Gasteiger partial charge on any atom is 0.322 e. The highest BCUT2D eigenvalue weighted by Crippen LogP contribution is 2.27. The third-order valence-electron chi connectivity index (χ3n) is 4.66. The first-order chi connectivity index (χ1) is 11.1. The van der Waals surface area contributed by atoms with Crippen molar-refractivity contribution in [2.75, 3.05) is 44.7 Å². The first-order valence-corrected chi connectivity index (χ1v) is 8.66. The number of carbonyl (C=O) groups excluding carboxylic acids is 1. The van der Waals surface area contributed by atoms with Gasteiger partial charge in [-0.25, -0.2) is 4.79 Å². The molecule has 0 radical (unpaired) electrons. The standard InChI is InChI=1S/C17H24ClN3O2/c1-13-4-2-6-15(18)16(13)19-17(22)21-7-3-5-14(21)12-20-8-10-23-11-9-20/h2,4,6,14H,3,5,7-12H2,1H3,(H,19,22)/t14-/m0/s1. The van der Waals surface area contributed by atoms with E-state index in [4.69, 9.17) is 16.3 Å². The zero-order valence-electron chi connectivity index (χ0n) is 13.6. The van der Waals surface area contributed by atoms with Crippen LogP contribution >= 0.6 is 11.6 Å². The van der Waals surface area contributed by atoms with Crippen LogP contribution in [0.4, 0.5) is 10.5 Å². The van der Waals surface area contributed by atoms with E-state index >= 15 is 0 Å². The summed E-state index contributed by atoms with van der Waals surface area (Å²) in [4.78, 5) is 17.0. The van der Waals surface area contributed by atoms with Gasteiger partial charge in [-0.2, -0.15) is 0 Å². The number of carbonyl (C=O) groups is 1. The number of hydrogen-bond acceptors (Lipinski definition) is 3. The van der Waals surface area contributed by atoms with Gasteiger partial charge in [0.1, 0.15) is 0 Å². The van der Waals surface area contributed by atoms with Crippen LogP contribution in [0.3, 0.4) is 0 Å². The highest BCUT2D eigenvalue weighted by molar-refractivity contribution is 6.33. The quantitative estimate of drug-likeness (QED) is 0.922. The second-order valence-corrected chi connectivity index (χ2v) is 6.67. The molecule has 0 aliphatic carbocycles. The molecule has 2 saturated heterocycles. The Morgan fingerprint density at radius 2 is 2.13 bits per heavy atom. The second kappa shape index (κ2) is 7.51. The summed E-state index contributed by atoms with van der Waals surface area (Å²) in [5, 5.41) is 3.58. The first-order valence-electron chi connectivity index (χ1n) is 8.28. The number of urea groups is 1. The van der Waals surface area contributed by atoms with Crippen molar-refractivity contribution in [1.82, 2.24) is 9.80 Å². The van der Waals surface area contributed by atoms with Crippen molar-refractivity contribution in [2.45, 2.75) is 25.8 Å². The van der Waals surface area contributed by atoms with E-state index in [-0.39, 0.29) is 12.1 Å². The van der Waals surface area contributed by atoms with Crippen molar-refractivity contribution in [3.05, 3.63) is 28.8 Å². The molecule has 1 N–H and O–H groups in total. The number of nitrogens with zero attached hydrogens (tertiary/aromatic N) is 2. The molecule has 126 valence electrons. The third-order valence-corrected chi connectivity index (χ3v) is 4.98. The minimum absolute atomic E-state index is 0.0445. The van der Waals surface area contributed by atoms with Gasteiger partial charge in [-0.15, -0.1) is 0 Å². The van der Waals surface area contributed by atoms with Crippen molar-refractivity contribution in [2.24, 2.45) is 0 Å². The number of aryl methyl sites for hydroxylation is 1. The molecule has 0 unspecified atom stereocenters. The largest absolute Gasteiger partial charge is 0.379 e. The van der Waals surface area contributed by atoms with Crippen molar-refractivity contribution in [3.8, 4) is 0 Å². The van der Waals surface area contributed by atoms with E-state index in [1.165, 1.54) is 0 Å². The zero-order chi connectivity index (χ0) is 16.2. The van der Waals surface area contributed by atoms with Crippen LogP contribution in [0.1, 0.15) is 18.4 Å². The van der Waals surface area contributed by atoms with Gasteiger partial charge in [0.2, 0.25) is 0 Å². The van der Waals surface area contributed by atoms with Crippen LogP contribution in [0.5, 0.6) is 0 Å². The molecular weight excluding hydrogens is 314 g/mol. The fourth-order valence-corrected chi connectivity index (χ4v) is 3.61. The van der Waals surface area contributed by atoms with Gasteiger partial charge >= 0.3 is 6.03 Å². The van der Waals surface area contributed by atoms with E-state index in [2.05, 4.69) is 10.2 Å². The van der Waals surface area contributed by atoms with Crippen LogP contribution in [0.2, 0.25) is 5.02 Å². The van der Waals surface area contributed by atoms with E-state index in [0.717, 1.165) is 63.5 Å². The van der Waals surface area contributed by atoms with Gasteiger partial charge in [0, 0.05) is 32.2 Å². The summed E-state index contributed by atoms with van der Waals surface area (Å²) in [6.07, 6.45) is 2.12. The average Bonchev–Trinajstić information content (AvgIpc) is 3.00. The van der Waals surface area contributed by atoms with Crippen LogP contribution in [0.25, 0.3) is 0 Å². The molecule has 0 bridgehead atoms. The number of anilines is 1. The number of benzene rings is 1. The summed E-state index contributed by atoms with van der Waals surface area (Å²) < 4.78 is 5.39. The van der Waals surface area contributed by atoms with E-state index < -0.39 is 0 Å². The number of ether oxygens (including phenoxy) is 1. The molecule has 6 heteroatoms. The van der Waals surface area contributed by atoms with Gasteiger partial charge in [-0.3, -0.25) is 4.90 Å². The Labute approximate surface area is 142 Å². The van der Waals surface area contributed by atoms with Crippen molar-refractivity contribution in [3.63, 3.8) is 0 Å². The summed E-state index contributed by atoms with van der Waals surface area (Å²) in [7, 11) is 0.